The molecular formula is C25H22Cl2N2O3. The highest BCUT2D eigenvalue weighted by molar-refractivity contribution is 6.35. The topological polar surface area (TPSA) is 85.3 Å². The fourth-order valence-electron chi connectivity index (χ4n) is 4.23. The van der Waals surface area contributed by atoms with Crippen molar-refractivity contribution >= 4 is 29.0 Å². The van der Waals surface area contributed by atoms with Crippen LogP contribution in [0.3, 0.4) is 0 Å². The lowest BCUT2D eigenvalue weighted by Gasteiger charge is -2.37. The van der Waals surface area contributed by atoms with Crippen LogP contribution in [0.4, 0.5) is 0 Å². The molecule has 1 atom stereocenters. The van der Waals surface area contributed by atoms with Crippen molar-refractivity contribution in [3.05, 3.63) is 86.4 Å². The second-order valence-electron chi connectivity index (χ2n) is 8.76. The average Bonchev–Trinajstić information content (AvgIpc) is 2.71. The zero-order chi connectivity index (χ0) is 23.0. The zero-order valence-electron chi connectivity index (χ0n) is 17.7. The molecule has 0 amide bonds. The van der Waals surface area contributed by atoms with Crippen LogP contribution >= 0.6 is 23.2 Å². The standard InChI is InChI=1S/C25H22Cl2N2O3/c1-25(2)10-20(30)23-21(11-25)32-24(29)16(12-28)22(23)14-5-3-6-15(9-14)31-13-17-18(26)7-4-8-19(17)27/h3-9,22H,10-11,13,29H2,1-2H3. The highest BCUT2D eigenvalue weighted by Crippen LogP contribution is 2.48. The van der Waals surface area contributed by atoms with Crippen LogP contribution in [-0.4, -0.2) is 5.78 Å². The van der Waals surface area contributed by atoms with Gasteiger partial charge in [-0.25, -0.2) is 0 Å². The number of hydrogen-bond acceptors (Lipinski definition) is 5. The van der Waals surface area contributed by atoms with Crippen LogP contribution in [-0.2, 0) is 16.1 Å². The minimum atomic E-state index is -0.597. The molecule has 4 rings (SSSR count). The molecule has 2 aromatic carbocycles. The molecular weight excluding hydrogens is 447 g/mol. The molecule has 32 heavy (non-hydrogen) atoms. The first-order valence-electron chi connectivity index (χ1n) is 10.2. The van der Waals surface area contributed by atoms with Gasteiger partial charge in [0.05, 0.1) is 5.92 Å². The van der Waals surface area contributed by atoms with E-state index in [0.29, 0.717) is 45.5 Å². The summed E-state index contributed by atoms with van der Waals surface area (Å²) < 4.78 is 11.7. The van der Waals surface area contributed by atoms with Gasteiger partial charge in [0.2, 0.25) is 5.88 Å². The molecule has 1 aliphatic carbocycles. The van der Waals surface area contributed by atoms with Crippen LogP contribution in [0.15, 0.2) is 65.3 Å². The molecule has 0 saturated carbocycles. The molecule has 164 valence electrons. The van der Waals surface area contributed by atoms with Crippen molar-refractivity contribution in [1.82, 2.24) is 0 Å². The van der Waals surface area contributed by atoms with Crippen LogP contribution in [0, 0.1) is 16.7 Å². The van der Waals surface area contributed by atoms with Crippen LogP contribution in [0.25, 0.3) is 0 Å². The number of allylic oxidation sites excluding steroid dienone is 3. The largest absolute Gasteiger partial charge is 0.489 e. The zero-order valence-corrected chi connectivity index (χ0v) is 19.3. The molecule has 0 spiro atoms. The maximum absolute atomic E-state index is 13.1. The average molecular weight is 469 g/mol. The second-order valence-corrected chi connectivity index (χ2v) is 9.58. The molecule has 2 aromatic rings. The van der Waals surface area contributed by atoms with E-state index in [4.69, 9.17) is 38.4 Å². The SMILES string of the molecule is CC1(C)CC(=O)C2=C(C1)OC(N)=C(C#N)C2c1cccc(OCc2c(Cl)cccc2Cl)c1. The van der Waals surface area contributed by atoms with Gasteiger partial charge in [-0.15, -0.1) is 0 Å². The number of carbonyl (C=O) groups excluding carboxylic acids is 1. The summed E-state index contributed by atoms with van der Waals surface area (Å²) in [6, 6.07) is 14.7. The summed E-state index contributed by atoms with van der Waals surface area (Å²) in [4.78, 5) is 13.1. The minimum absolute atomic E-state index is 0.0318. The van der Waals surface area contributed by atoms with Crippen molar-refractivity contribution in [2.75, 3.05) is 0 Å². The van der Waals surface area contributed by atoms with E-state index in [1.54, 1.807) is 24.3 Å². The molecule has 5 nitrogen and oxygen atoms in total. The third-order valence-electron chi connectivity index (χ3n) is 5.71. The van der Waals surface area contributed by atoms with Gasteiger partial charge < -0.3 is 15.2 Å². The number of ether oxygens (including phenoxy) is 2. The Morgan fingerprint density at radius 2 is 1.88 bits per heavy atom. The highest BCUT2D eigenvalue weighted by atomic mass is 35.5. The molecule has 1 unspecified atom stereocenters. The minimum Gasteiger partial charge on any atom is -0.489 e. The van der Waals surface area contributed by atoms with E-state index in [1.807, 2.05) is 32.0 Å². The Labute approximate surface area is 197 Å². The molecule has 2 aliphatic rings. The van der Waals surface area contributed by atoms with Gasteiger partial charge in [0, 0.05) is 34.0 Å². The van der Waals surface area contributed by atoms with E-state index in [-0.39, 0.29) is 29.3 Å². The van der Waals surface area contributed by atoms with Crippen molar-refractivity contribution in [3.63, 3.8) is 0 Å². The lowest BCUT2D eigenvalue weighted by Crippen LogP contribution is -2.33. The van der Waals surface area contributed by atoms with Crippen molar-refractivity contribution in [2.45, 2.75) is 39.2 Å². The molecule has 2 N–H and O–H groups in total. The predicted molar refractivity (Wildman–Crippen MR) is 123 cm³/mol. The maximum Gasteiger partial charge on any atom is 0.205 e. The fraction of sp³-hybridized carbons (Fsp3) is 0.280. The lowest BCUT2D eigenvalue weighted by atomic mass is 9.70. The van der Waals surface area contributed by atoms with Gasteiger partial charge in [0.1, 0.15) is 29.8 Å². The highest BCUT2D eigenvalue weighted by Gasteiger charge is 2.43. The van der Waals surface area contributed by atoms with E-state index in [9.17, 15) is 10.1 Å². The number of rotatable bonds is 4. The van der Waals surface area contributed by atoms with Gasteiger partial charge in [-0.2, -0.15) is 5.26 Å². The molecule has 0 saturated heterocycles. The molecule has 0 bridgehead atoms. The van der Waals surface area contributed by atoms with Gasteiger partial charge in [-0.3, -0.25) is 4.79 Å². The summed E-state index contributed by atoms with van der Waals surface area (Å²) in [6.45, 7) is 4.21. The van der Waals surface area contributed by atoms with E-state index in [2.05, 4.69) is 6.07 Å². The Kier molecular flexibility index (Phi) is 5.94. The van der Waals surface area contributed by atoms with E-state index in [1.165, 1.54) is 0 Å². The number of nitrogens with two attached hydrogens (primary N) is 1. The predicted octanol–water partition coefficient (Wildman–Crippen LogP) is 6.02. The quantitative estimate of drug-likeness (QED) is 0.592. The van der Waals surface area contributed by atoms with E-state index in [0.717, 1.165) is 5.56 Å². The number of nitriles is 1. The number of carbonyl (C=O) groups is 1. The summed E-state index contributed by atoms with van der Waals surface area (Å²) in [5.41, 5.74) is 8.00. The third kappa shape index (κ3) is 4.21. The number of halogens is 2. The first-order chi connectivity index (χ1) is 15.2. The van der Waals surface area contributed by atoms with Crippen molar-refractivity contribution in [1.29, 1.82) is 5.26 Å². The van der Waals surface area contributed by atoms with Gasteiger partial charge in [0.15, 0.2) is 5.78 Å². The molecule has 1 aliphatic heterocycles. The summed E-state index contributed by atoms with van der Waals surface area (Å²) in [7, 11) is 0. The number of nitrogens with zero attached hydrogens (tertiary/aromatic N) is 1. The fourth-order valence-corrected chi connectivity index (χ4v) is 4.73. The Balaban J connectivity index is 1.70. The Bertz CT molecular complexity index is 1190. The van der Waals surface area contributed by atoms with E-state index >= 15 is 0 Å². The summed E-state index contributed by atoms with van der Waals surface area (Å²) in [6.07, 6.45) is 0.955. The number of ketones is 1. The van der Waals surface area contributed by atoms with Crippen molar-refractivity contribution < 1.29 is 14.3 Å². The Morgan fingerprint density at radius 3 is 2.56 bits per heavy atom. The van der Waals surface area contributed by atoms with E-state index < -0.39 is 5.92 Å². The number of benzene rings is 2. The normalized spacial score (nSPS) is 19.8. The molecule has 0 radical (unpaired) electrons. The van der Waals surface area contributed by atoms with Crippen molar-refractivity contribution in [2.24, 2.45) is 11.1 Å². The molecule has 1 heterocycles. The van der Waals surface area contributed by atoms with Crippen LogP contribution in [0.2, 0.25) is 10.0 Å². The third-order valence-corrected chi connectivity index (χ3v) is 6.42. The smallest absolute Gasteiger partial charge is 0.205 e. The number of hydrogen-bond donors (Lipinski definition) is 1. The number of Topliss-reactive ketones (excluding diaryl/α,β-unsaturated/α-hetero) is 1. The lowest BCUT2D eigenvalue weighted by molar-refractivity contribution is -0.119. The van der Waals surface area contributed by atoms with Crippen molar-refractivity contribution in [3.8, 4) is 11.8 Å². The molecule has 0 aromatic heterocycles. The van der Waals surface area contributed by atoms with Gasteiger partial charge in [0.25, 0.3) is 0 Å². The van der Waals surface area contributed by atoms with Crippen LogP contribution in [0.5, 0.6) is 5.75 Å². The van der Waals surface area contributed by atoms with Crippen LogP contribution in [0.1, 0.15) is 43.7 Å². The molecule has 7 heteroatoms. The summed E-state index contributed by atoms with van der Waals surface area (Å²) in [5, 5.41) is 10.8. The Hall–Kier alpha value is -2.94. The van der Waals surface area contributed by atoms with Gasteiger partial charge in [-0.05, 0) is 35.2 Å². The first kappa shape index (κ1) is 22.3. The first-order valence-corrected chi connectivity index (χ1v) is 11.0. The van der Waals surface area contributed by atoms with Gasteiger partial charge >= 0.3 is 0 Å². The summed E-state index contributed by atoms with van der Waals surface area (Å²) >= 11 is 12.5. The monoisotopic (exact) mass is 468 g/mol. The second kappa shape index (κ2) is 8.54. The van der Waals surface area contributed by atoms with Crippen LogP contribution < -0.4 is 10.5 Å². The van der Waals surface area contributed by atoms with Gasteiger partial charge in [-0.1, -0.05) is 55.2 Å². The Morgan fingerprint density at radius 1 is 1.19 bits per heavy atom. The summed E-state index contributed by atoms with van der Waals surface area (Å²) in [5.74, 6) is 0.514. The maximum atomic E-state index is 13.1. The molecule has 0 fully saturated rings.